The second-order valence-electron chi connectivity index (χ2n) is 8.91. The van der Waals surface area contributed by atoms with E-state index in [0.29, 0.717) is 13.1 Å². The van der Waals surface area contributed by atoms with Gasteiger partial charge in [-0.2, -0.15) is 0 Å². The summed E-state index contributed by atoms with van der Waals surface area (Å²) in [5.74, 6) is -1.12. The predicted molar refractivity (Wildman–Crippen MR) is 148 cm³/mol. The lowest BCUT2D eigenvalue weighted by Gasteiger charge is -2.34. The first-order valence-electron chi connectivity index (χ1n) is 11.4. The predicted octanol–water partition coefficient (Wildman–Crippen LogP) is 5.23. The highest BCUT2D eigenvalue weighted by Crippen LogP contribution is 2.24. The van der Waals surface area contributed by atoms with E-state index in [4.69, 9.17) is 13.6 Å². The number of nitrogens with one attached hydrogen (secondary N) is 2. The normalized spacial score (nSPS) is 13.2. The van der Waals surface area contributed by atoms with Gasteiger partial charge in [-0.15, -0.1) is 0 Å². The minimum Gasteiger partial charge on any atom is -0.455 e. The van der Waals surface area contributed by atoms with Crippen LogP contribution < -0.4 is 10.6 Å². The summed E-state index contributed by atoms with van der Waals surface area (Å²) in [6.07, 6.45) is 3.74. The van der Waals surface area contributed by atoms with Crippen molar-refractivity contribution in [2.75, 3.05) is 13.1 Å². The highest BCUT2D eigenvalue weighted by molar-refractivity contribution is 8.14. The van der Waals surface area contributed by atoms with Crippen LogP contribution in [-0.2, 0) is 23.2 Å². The molecule has 2 atom stereocenters. The van der Waals surface area contributed by atoms with Crippen LogP contribution >= 0.6 is 23.5 Å². The molecule has 0 aromatic heterocycles. The van der Waals surface area contributed by atoms with Gasteiger partial charge >= 0.3 is 11.9 Å². The van der Waals surface area contributed by atoms with Gasteiger partial charge < -0.3 is 24.2 Å². The van der Waals surface area contributed by atoms with Gasteiger partial charge in [-0.3, -0.25) is 9.59 Å². The number of amides is 2. The summed E-state index contributed by atoms with van der Waals surface area (Å²) in [6.45, 7) is 19.7. The highest BCUT2D eigenvalue weighted by atomic mass is 32.2. The number of ether oxygens (including phenoxy) is 2. The van der Waals surface area contributed by atoms with E-state index < -0.39 is 39.4 Å². The third-order valence-corrected chi connectivity index (χ3v) is 13.6. The maximum Gasteiger partial charge on any atom is 0.331 e. The van der Waals surface area contributed by atoms with Gasteiger partial charge in [-0.25, -0.2) is 9.59 Å². The third kappa shape index (κ3) is 18.4. The summed E-state index contributed by atoms with van der Waals surface area (Å²) in [6, 6.07) is 1.81. The van der Waals surface area contributed by atoms with Crippen molar-refractivity contribution in [2.45, 2.75) is 75.8 Å². The molecule has 0 aliphatic carbocycles. The minimum atomic E-state index is -1.92. The van der Waals surface area contributed by atoms with E-state index in [0.717, 1.165) is 60.6 Å². The zero-order valence-electron chi connectivity index (χ0n) is 21.6. The molecule has 13 heteroatoms. The van der Waals surface area contributed by atoms with E-state index in [1.807, 2.05) is 0 Å². The summed E-state index contributed by atoms with van der Waals surface area (Å²) < 4.78 is 16.5. The van der Waals surface area contributed by atoms with Crippen molar-refractivity contribution >= 4 is 62.6 Å². The van der Waals surface area contributed by atoms with Gasteiger partial charge in [0.25, 0.3) is 10.5 Å². The fourth-order valence-corrected chi connectivity index (χ4v) is 13.2. The molecule has 2 amide bonds. The Bertz CT molecular complexity index is 691. The molecule has 35 heavy (non-hydrogen) atoms. The van der Waals surface area contributed by atoms with Crippen molar-refractivity contribution in [3.8, 4) is 0 Å². The quantitative estimate of drug-likeness (QED) is 0.0853. The standard InChI is InChI=1S/C22H40N2O7S2Si2/c1-9-19(25)29-17(3)32-21(27)23-13-11-15-34(5,6)31-35(7,8)16-12-14-24-22(28)33-18(4)30-20(26)10-2/h9-10,17-18H,1-2,11-16H2,3-8H3,(H,23,27)(H,24,28). The first-order chi connectivity index (χ1) is 16.2. The second kappa shape index (κ2) is 17.0. The molecule has 0 rings (SSSR count). The molecule has 0 saturated carbocycles. The number of carbonyl (C=O) groups excluding carboxylic acids is 4. The molecule has 2 N–H and O–H groups in total. The summed E-state index contributed by atoms with van der Waals surface area (Å²) in [7, 11) is -3.83. The smallest absolute Gasteiger partial charge is 0.331 e. The molecule has 0 spiro atoms. The van der Waals surface area contributed by atoms with Crippen LogP contribution in [0.1, 0.15) is 26.7 Å². The molecule has 0 heterocycles. The zero-order chi connectivity index (χ0) is 27.1. The third-order valence-electron chi connectivity index (χ3n) is 4.45. The van der Waals surface area contributed by atoms with E-state index in [9.17, 15) is 19.2 Å². The van der Waals surface area contributed by atoms with Crippen LogP contribution in [0.15, 0.2) is 25.3 Å². The molecule has 0 aliphatic rings. The molecule has 0 aromatic carbocycles. The topological polar surface area (TPSA) is 120 Å². The zero-order valence-corrected chi connectivity index (χ0v) is 25.3. The molecular weight excluding hydrogens is 525 g/mol. The Morgan fingerprint density at radius 2 is 1.11 bits per heavy atom. The maximum absolute atomic E-state index is 12.0. The van der Waals surface area contributed by atoms with Crippen LogP contribution in [0.4, 0.5) is 9.59 Å². The molecule has 0 bridgehead atoms. The van der Waals surface area contributed by atoms with Gasteiger partial charge in [0.15, 0.2) is 27.5 Å². The Hall–Kier alpha value is -1.55. The summed E-state index contributed by atoms with van der Waals surface area (Å²) in [5.41, 5.74) is -1.16. The number of hydrogen-bond acceptors (Lipinski definition) is 9. The number of rotatable bonds is 16. The fraction of sp³-hybridized carbons (Fsp3) is 0.636. The Kier molecular flexibility index (Phi) is 16.3. The van der Waals surface area contributed by atoms with Crippen LogP contribution in [0.2, 0.25) is 38.3 Å². The van der Waals surface area contributed by atoms with Gasteiger partial charge in [0.05, 0.1) is 0 Å². The lowest BCUT2D eigenvalue weighted by atomic mass is 10.5. The second-order valence-corrected chi connectivity index (χ2v) is 20.3. The molecule has 0 aliphatic heterocycles. The maximum atomic E-state index is 12.0. The van der Waals surface area contributed by atoms with Crippen molar-refractivity contribution < 1.29 is 32.8 Å². The van der Waals surface area contributed by atoms with E-state index in [-0.39, 0.29) is 10.5 Å². The lowest BCUT2D eigenvalue weighted by molar-refractivity contribution is -0.139. The van der Waals surface area contributed by atoms with Crippen LogP contribution in [-0.4, -0.2) is 63.0 Å². The molecule has 2 unspecified atom stereocenters. The largest absolute Gasteiger partial charge is 0.455 e. The average Bonchev–Trinajstić information content (AvgIpc) is 2.73. The van der Waals surface area contributed by atoms with Gasteiger partial charge in [0.1, 0.15) is 0 Å². The van der Waals surface area contributed by atoms with Gasteiger partial charge in [0, 0.05) is 25.2 Å². The molecule has 0 aromatic rings. The fourth-order valence-electron chi connectivity index (χ4n) is 3.12. The average molecular weight is 565 g/mol. The Labute approximate surface area is 219 Å². The first kappa shape index (κ1) is 33.5. The van der Waals surface area contributed by atoms with E-state index in [2.05, 4.69) is 50.0 Å². The number of carbonyl (C=O) groups is 4. The number of esters is 2. The van der Waals surface area contributed by atoms with E-state index in [1.165, 1.54) is 0 Å². The molecule has 0 radical (unpaired) electrons. The molecule has 0 fully saturated rings. The molecule has 200 valence electrons. The number of hydrogen-bond donors (Lipinski definition) is 2. The van der Waals surface area contributed by atoms with Gasteiger partial charge in [-0.1, -0.05) is 13.2 Å². The Morgan fingerprint density at radius 1 is 0.771 bits per heavy atom. The Morgan fingerprint density at radius 3 is 1.43 bits per heavy atom. The van der Waals surface area contributed by atoms with Crippen molar-refractivity contribution in [3.05, 3.63) is 25.3 Å². The van der Waals surface area contributed by atoms with Crippen LogP contribution in [0.5, 0.6) is 0 Å². The van der Waals surface area contributed by atoms with Crippen molar-refractivity contribution in [1.29, 1.82) is 0 Å². The highest BCUT2D eigenvalue weighted by Gasteiger charge is 2.32. The van der Waals surface area contributed by atoms with Crippen LogP contribution in [0, 0.1) is 0 Å². The van der Waals surface area contributed by atoms with Crippen molar-refractivity contribution in [1.82, 2.24) is 10.6 Å². The Balaban J connectivity index is 4.19. The van der Waals surface area contributed by atoms with Crippen molar-refractivity contribution in [2.24, 2.45) is 0 Å². The number of thioether (sulfide) groups is 2. The molecular formula is C22H40N2O7S2Si2. The van der Waals surface area contributed by atoms with Crippen molar-refractivity contribution in [3.63, 3.8) is 0 Å². The van der Waals surface area contributed by atoms with E-state index in [1.54, 1.807) is 13.8 Å². The van der Waals surface area contributed by atoms with E-state index >= 15 is 0 Å². The molecule has 9 nitrogen and oxygen atoms in total. The van der Waals surface area contributed by atoms with Gasteiger partial charge in [-0.05, 0) is 88.5 Å². The lowest BCUT2D eigenvalue weighted by Crippen LogP contribution is -2.44. The molecule has 0 saturated heterocycles. The first-order valence-corrected chi connectivity index (χ1v) is 19.4. The van der Waals surface area contributed by atoms with Gasteiger partial charge in [0.2, 0.25) is 0 Å². The van der Waals surface area contributed by atoms with Crippen LogP contribution in [0.3, 0.4) is 0 Å². The van der Waals surface area contributed by atoms with Crippen LogP contribution in [0.25, 0.3) is 0 Å². The summed E-state index contributed by atoms with van der Waals surface area (Å²) in [5, 5.41) is 5.18. The summed E-state index contributed by atoms with van der Waals surface area (Å²) >= 11 is 1.84. The summed E-state index contributed by atoms with van der Waals surface area (Å²) in [4.78, 5) is 46.2. The SMILES string of the molecule is C=CC(=O)OC(C)SC(=O)NCCC[Si](C)(C)O[Si](C)(C)CCCNC(=O)SC(C)OC(=O)C=C. The monoisotopic (exact) mass is 564 g/mol. The minimum absolute atomic E-state index is 0.238.